The zero-order valence-electron chi connectivity index (χ0n) is 12.5. The lowest BCUT2D eigenvalue weighted by Crippen LogP contribution is -1.93. The van der Waals surface area contributed by atoms with E-state index in [1.807, 2.05) is 0 Å². The van der Waals surface area contributed by atoms with Crippen LogP contribution in [0.25, 0.3) is 0 Å². The Kier molecular flexibility index (Phi) is 14.3. The Bertz CT molecular complexity index is 260. The third-order valence-corrected chi connectivity index (χ3v) is 3.22. The molecule has 0 spiro atoms. The topological polar surface area (TPSA) is 37.3 Å². The molecule has 0 bridgehead atoms. The minimum atomic E-state index is -0.667. The molecule has 110 valence electrons. The summed E-state index contributed by atoms with van der Waals surface area (Å²) in [5.74, 6) is 5.80. The molecule has 0 saturated heterocycles. The van der Waals surface area contributed by atoms with Crippen molar-refractivity contribution in [2.45, 2.75) is 90.4 Å². The largest absolute Gasteiger partial charge is 0.481 e. The summed E-state index contributed by atoms with van der Waals surface area (Å²) < 4.78 is 0. The van der Waals surface area contributed by atoms with Crippen molar-refractivity contribution in [3.8, 4) is 11.8 Å². The number of rotatable bonds is 12. The molecule has 0 saturated carbocycles. The van der Waals surface area contributed by atoms with Crippen molar-refractivity contribution in [1.29, 1.82) is 0 Å². The van der Waals surface area contributed by atoms with Gasteiger partial charge in [0, 0.05) is 19.3 Å². The maximum absolute atomic E-state index is 10.3. The SMILES string of the molecule is CCCCC#CCCCCCCCCCCC(=O)O. The number of hydrogen-bond donors (Lipinski definition) is 1. The van der Waals surface area contributed by atoms with Gasteiger partial charge in [-0.15, -0.1) is 11.8 Å². The third kappa shape index (κ3) is 17.0. The van der Waals surface area contributed by atoms with Crippen molar-refractivity contribution in [2.24, 2.45) is 0 Å². The second-order valence-corrected chi connectivity index (χ2v) is 5.18. The van der Waals surface area contributed by atoms with Gasteiger partial charge in [-0.1, -0.05) is 51.9 Å². The van der Waals surface area contributed by atoms with E-state index in [2.05, 4.69) is 18.8 Å². The molecule has 0 fully saturated rings. The van der Waals surface area contributed by atoms with Gasteiger partial charge in [0.15, 0.2) is 0 Å². The lowest BCUT2D eigenvalue weighted by Gasteiger charge is -2.00. The Morgan fingerprint density at radius 1 is 0.789 bits per heavy atom. The van der Waals surface area contributed by atoms with Crippen LogP contribution in [-0.2, 0) is 4.79 Å². The molecule has 0 heterocycles. The average Bonchev–Trinajstić information content (AvgIpc) is 2.39. The molecule has 2 nitrogen and oxygen atoms in total. The molecular formula is C17H30O2. The van der Waals surface area contributed by atoms with Gasteiger partial charge in [-0.05, 0) is 19.3 Å². The van der Waals surface area contributed by atoms with E-state index < -0.39 is 5.97 Å². The maximum atomic E-state index is 10.3. The van der Waals surface area contributed by atoms with E-state index in [0.29, 0.717) is 6.42 Å². The van der Waals surface area contributed by atoms with Gasteiger partial charge in [-0.3, -0.25) is 4.79 Å². The highest BCUT2D eigenvalue weighted by molar-refractivity contribution is 5.66. The van der Waals surface area contributed by atoms with E-state index in [-0.39, 0.29) is 0 Å². The first kappa shape index (κ1) is 18.0. The molecule has 2 heteroatoms. The Hall–Kier alpha value is -0.970. The van der Waals surface area contributed by atoms with Gasteiger partial charge < -0.3 is 5.11 Å². The predicted molar refractivity (Wildman–Crippen MR) is 81.1 cm³/mol. The van der Waals surface area contributed by atoms with Crippen LogP contribution in [0.15, 0.2) is 0 Å². The van der Waals surface area contributed by atoms with Gasteiger partial charge in [0.05, 0.1) is 0 Å². The molecule has 0 unspecified atom stereocenters. The van der Waals surface area contributed by atoms with E-state index in [9.17, 15) is 4.79 Å². The normalized spacial score (nSPS) is 9.95. The van der Waals surface area contributed by atoms with Gasteiger partial charge in [-0.25, -0.2) is 0 Å². The quantitative estimate of drug-likeness (QED) is 0.391. The number of carbonyl (C=O) groups is 1. The van der Waals surface area contributed by atoms with Crippen molar-refractivity contribution in [2.75, 3.05) is 0 Å². The molecule has 1 N–H and O–H groups in total. The Morgan fingerprint density at radius 3 is 1.79 bits per heavy atom. The summed E-state index contributed by atoms with van der Waals surface area (Å²) in [7, 11) is 0. The fourth-order valence-electron chi connectivity index (χ4n) is 1.99. The van der Waals surface area contributed by atoms with Crippen LogP contribution in [0.4, 0.5) is 0 Å². The summed E-state index contributed by atoms with van der Waals surface area (Å²) in [6.45, 7) is 2.20. The number of unbranched alkanes of at least 4 members (excludes halogenated alkanes) is 10. The standard InChI is InChI=1S/C17H30O2/c1-2-3-4-5-6-7-8-9-10-11-12-13-14-15-16-17(18)19/h2-4,7-16H2,1H3,(H,18,19). The van der Waals surface area contributed by atoms with Gasteiger partial charge in [0.2, 0.25) is 0 Å². The summed E-state index contributed by atoms with van der Waals surface area (Å²) in [4.78, 5) is 10.3. The zero-order chi connectivity index (χ0) is 14.2. The molecule has 0 aromatic rings. The second kappa shape index (κ2) is 15.1. The minimum Gasteiger partial charge on any atom is -0.481 e. The van der Waals surface area contributed by atoms with Gasteiger partial charge in [0.1, 0.15) is 0 Å². The predicted octanol–water partition coefficient (Wildman–Crippen LogP) is 5.17. The molecule has 0 amide bonds. The molecule has 0 aliphatic carbocycles. The number of carboxylic acid groups (broad SMARTS) is 1. The minimum absolute atomic E-state index is 0.330. The molecular weight excluding hydrogens is 236 g/mol. The van der Waals surface area contributed by atoms with Crippen molar-refractivity contribution in [3.63, 3.8) is 0 Å². The molecule has 19 heavy (non-hydrogen) atoms. The summed E-state index contributed by atoms with van der Waals surface area (Å²) in [6, 6.07) is 0. The van der Waals surface area contributed by atoms with Crippen molar-refractivity contribution >= 4 is 5.97 Å². The molecule has 0 radical (unpaired) electrons. The summed E-state index contributed by atoms with van der Waals surface area (Å²) in [5, 5.41) is 8.49. The first-order valence-corrected chi connectivity index (χ1v) is 7.95. The first-order valence-electron chi connectivity index (χ1n) is 7.95. The number of carboxylic acids is 1. The van der Waals surface area contributed by atoms with Crippen LogP contribution in [-0.4, -0.2) is 11.1 Å². The van der Waals surface area contributed by atoms with E-state index in [1.165, 1.54) is 51.4 Å². The monoisotopic (exact) mass is 266 g/mol. The summed E-state index contributed by atoms with van der Waals surface area (Å²) in [6.07, 6.45) is 14.4. The Morgan fingerprint density at radius 2 is 1.26 bits per heavy atom. The Balaban J connectivity index is 3.06. The van der Waals surface area contributed by atoms with Gasteiger partial charge in [-0.2, -0.15) is 0 Å². The van der Waals surface area contributed by atoms with Crippen LogP contribution in [0, 0.1) is 11.8 Å². The fourth-order valence-corrected chi connectivity index (χ4v) is 1.99. The molecule has 0 aromatic heterocycles. The highest BCUT2D eigenvalue weighted by Crippen LogP contribution is 2.10. The highest BCUT2D eigenvalue weighted by Gasteiger charge is 1.96. The third-order valence-electron chi connectivity index (χ3n) is 3.22. The van der Waals surface area contributed by atoms with Crippen LogP contribution in [0.5, 0.6) is 0 Å². The average molecular weight is 266 g/mol. The lowest BCUT2D eigenvalue weighted by atomic mass is 10.1. The van der Waals surface area contributed by atoms with E-state index in [0.717, 1.165) is 25.7 Å². The smallest absolute Gasteiger partial charge is 0.303 e. The summed E-state index contributed by atoms with van der Waals surface area (Å²) in [5.41, 5.74) is 0. The number of hydrogen-bond acceptors (Lipinski definition) is 1. The van der Waals surface area contributed by atoms with Crippen molar-refractivity contribution in [1.82, 2.24) is 0 Å². The number of aliphatic carboxylic acids is 1. The lowest BCUT2D eigenvalue weighted by molar-refractivity contribution is -0.137. The molecule has 0 aromatic carbocycles. The molecule has 0 atom stereocenters. The van der Waals surface area contributed by atoms with Gasteiger partial charge >= 0.3 is 5.97 Å². The van der Waals surface area contributed by atoms with Crippen molar-refractivity contribution < 1.29 is 9.90 Å². The highest BCUT2D eigenvalue weighted by atomic mass is 16.4. The second-order valence-electron chi connectivity index (χ2n) is 5.18. The maximum Gasteiger partial charge on any atom is 0.303 e. The summed E-state index contributed by atoms with van der Waals surface area (Å²) >= 11 is 0. The zero-order valence-corrected chi connectivity index (χ0v) is 12.5. The van der Waals surface area contributed by atoms with Crippen LogP contribution < -0.4 is 0 Å². The van der Waals surface area contributed by atoms with E-state index in [4.69, 9.17) is 5.11 Å². The molecule has 0 aliphatic rings. The van der Waals surface area contributed by atoms with E-state index in [1.54, 1.807) is 0 Å². The van der Waals surface area contributed by atoms with Crippen molar-refractivity contribution in [3.05, 3.63) is 0 Å². The molecule has 0 rings (SSSR count). The van der Waals surface area contributed by atoms with Crippen LogP contribution in [0.3, 0.4) is 0 Å². The fraction of sp³-hybridized carbons (Fsp3) is 0.824. The van der Waals surface area contributed by atoms with E-state index >= 15 is 0 Å². The van der Waals surface area contributed by atoms with Crippen LogP contribution in [0.2, 0.25) is 0 Å². The molecule has 0 aliphatic heterocycles. The van der Waals surface area contributed by atoms with Gasteiger partial charge in [0.25, 0.3) is 0 Å². The Labute approximate surface area is 119 Å². The van der Waals surface area contributed by atoms with Crippen LogP contribution >= 0.6 is 0 Å². The van der Waals surface area contributed by atoms with Crippen LogP contribution in [0.1, 0.15) is 90.4 Å². The first-order chi connectivity index (χ1) is 9.27.